The summed E-state index contributed by atoms with van der Waals surface area (Å²) in [6.07, 6.45) is 5.00. The molecule has 0 fully saturated rings. The normalized spacial score (nSPS) is 12.5. The molecule has 1 aromatic heterocycles. The van der Waals surface area contributed by atoms with Crippen LogP contribution in [0.3, 0.4) is 0 Å². The van der Waals surface area contributed by atoms with Crippen molar-refractivity contribution in [3.63, 3.8) is 0 Å². The van der Waals surface area contributed by atoms with Crippen LogP contribution in [0.25, 0.3) is 0 Å². The van der Waals surface area contributed by atoms with E-state index in [1.165, 1.54) is 5.56 Å². The highest BCUT2D eigenvalue weighted by atomic mass is 32.2. The molecule has 4 heteroatoms. The molecule has 0 aromatic carbocycles. The first kappa shape index (κ1) is 15.3. The number of methoxy groups -OCH3 is 1. The van der Waals surface area contributed by atoms with Crippen molar-refractivity contribution in [2.45, 2.75) is 33.2 Å². The first-order valence-corrected chi connectivity index (χ1v) is 7.74. The third-order valence-corrected chi connectivity index (χ3v) is 3.79. The quantitative estimate of drug-likeness (QED) is 0.824. The van der Waals surface area contributed by atoms with E-state index < -0.39 is 0 Å². The van der Waals surface area contributed by atoms with Crippen LogP contribution in [0.15, 0.2) is 6.20 Å². The summed E-state index contributed by atoms with van der Waals surface area (Å²) < 4.78 is 5.45. The fourth-order valence-corrected chi connectivity index (χ4v) is 2.83. The van der Waals surface area contributed by atoms with Crippen LogP contribution in [-0.4, -0.2) is 36.7 Å². The van der Waals surface area contributed by atoms with Gasteiger partial charge in [0.05, 0.1) is 7.11 Å². The Labute approximate surface area is 115 Å². The minimum Gasteiger partial charge on any atom is -0.496 e. The Hall–Kier alpha value is -0.740. The zero-order valence-electron chi connectivity index (χ0n) is 12.0. The molecule has 0 saturated heterocycles. The first-order valence-electron chi connectivity index (χ1n) is 6.35. The van der Waals surface area contributed by atoms with E-state index in [-0.39, 0.29) is 0 Å². The molecule has 1 N–H and O–H groups in total. The number of likely N-dealkylation sites (N-methyl/N-ethyl adjacent to an activating group) is 1. The zero-order chi connectivity index (χ0) is 13.5. The van der Waals surface area contributed by atoms with Gasteiger partial charge in [0.15, 0.2) is 0 Å². The lowest BCUT2D eigenvalue weighted by atomic mass is 10.1. The van der Waals surface area contributed by atoms with Gasteiger partial charge in [-0.25, -0.2) is 0 Å². The highest BCUT2D eigenvalue weighted by molar-refractivity contribution is 7.98. The molecule has 1 atom stereocenters. The minimum absolute atomic E-state index is 0.476. The Bertz CT molecular complexity index is 376. The smallest absolute Gasteiger partial charge is 0.128 e. The van der Waals surface area contributed by atoms with Crippen LogP contribution < -0.4 is 10.1 Å². The fourth-order valence-electron chi connectivity index (χ4n) is 2.19. The fraction of sp³-hybridized carbons (Fsp3) is 0.643. The highest BCUT2D eigenvalue weighted by Crippen LogP contribution is 2.24. The summed E-state index contributed by atoms with van der Waals surface area (Å²) in [7, 11) is 1.72. The van der Waals surface area contributed by atoms with E-state index in [2.05, 4.69) is 30.4 Å². The van der Waals surface area contributed by atoms with Gasteiger partial charge in [-0.05, 0) is 26.6 Å². The lowest BCUT2D eigenvalue weighted by molar-refractivity contribution is 0.406. The number of aryl methyl sites for hydroxylation is 1. The molecule has 0 bridgehead atoms. The lowest BCUT2D eigenvalue weighted by Gasteiger charge is -2.19. The van der Waals surface area contributed by atoms with Crippen molar-refractivity contribution in [3.8, 4) is 5.75 Å². The summed E-state index contributed by atoms with van der Waals surface area (Å²) in [5.74, 6) is 2.07. The molecular weight excluding hydrogens is 244 g/mol. The first-order chi connectivity index (χ1) is 8.63. The third-order valence-electron chi connectivity index (χ3n) is 3.05. The molecule has 102 valence electrons. The van der Waals surface area contributed by atoms with Gasteiger partial charge in [-0.15, -0.1) is 0 Å². The second-order valence-corrected chi connectivity index (χ2v) is 5.37. The number of nitrogens with one attached hydrogen (secondary N) is 1. The number of pyridine rings is 1. The predicted molar refractivity (Wildman–Crippen MR) is 79.8 cm³/mol. The largest absolute Gasteiger partial charge is 0.496 e. The second kappa shape index (κ2) is 7.64. The number of hydrogen-bond acceptors (Lipinski definition) is 4. The van der Waals surface area contributed by atoms with Crippen LogP contribution in [-0.2, 0) is 6.42 Å². The average molecular weight is 268 g/mol. The molecule has 0 aliphatic heterocycles. The zero-order valence-corrected chi connectivity index (χ0v) is 12.9. The topological polar surface area (TPSA) is 34.2 Å². The molecule has 0 amide bonds. The van der Waals surface area contributed by atoms with E-state index in [0.29, 0.717) is 6.04 Å². The molecule has 1 unspecified atom stereocenters. The summed E-state index contributed by atoms with van der Waals surface area (Å²) in [4.78, 5) is 4.56. The van der Waals surface area contributed by atoms with Gasteiger partial charge >= 0.3 is 0 Å². The average Bonchev–Trinajstić information content (AvgIpc) is 2.34. The highest BCUT2D eigenvalue weighted by Gasteiger charge is 2.14. The summed E-state index contributed by atoms with van der Waals surface area (Å²) in [6, 6.07) is 0.476. The summed E-state index contributed by atoms with van der Waals surface area (Å²) >= 11 is 1.87. The number of rotatable bonds is 7. The van der Waals surface area contributed by atoms with Crippen molar-refractivity contribution in [2.24, 2.45) is 0 Å². The van der Waals surface area contributed by atoms with Crippen molar-refractivity contribution < 1.29 is 4.74 Å². The molecule has 1 aromatic rings. The van der Waals surface area contributed by atoms with Crippen molar-refractivity contribution >= 4 is 11.8 Å². The Morgan fingerprint density at radius 3 is 2.72 bits per heavy atom. The van der Waals surface area contributed by atoms with Crippen molar-refractivity contribution in [1.29, 1.82) is 0 Å². The summed E-state index contributed by atoms with van der Waals surface area (Å²) in [6.45, 7) is 7.26. The van der Waals surface area contributed by atoms with Gasteiger partial charge in [-0.3, -0.25) is 4.98 Å². The minimum atomic E-state index is 0.476. The number of thioether (sulfide) groups is 1. The molecule has 0 spiro atoms. The maximum absolute atomic E-state index is 5.45. The molecule has 3 nitrogen and oxygen atoms in total. The molecule has 0 aliphatic rings. The van der Waals surface area contributed by atoms with E-state index >= 15 is 0 Å². The van der Waals surface area contributed by atoms with Crippen LogP contribution >= 0.6 is 11.8 Å². The van der Waals surface area contributed by atoms with E-state index in [1.54, 1.807) is 7.11 Å². The number of aromatic nitrogens is 1. The second-order valence-electron chi connectivity index (χ2n) is 4.46. The van der Waals surface area contributed by atoms with Crippen molar-refractivity contribution in [1.82, 2.24) is 10.3 Å². The number of hydrogen-bond donors (Lipinski definition) is 1. The van der Waals surface area contributed by atoms with Gasteiger partial charge < -0.3 is 10.1 Å². The van der Waals surface area contributed by atoms with Gasteiger partial charge in [0, 0.05) is 41.2 Å². The maximum Gasteiger partial charge on any atom is 0.128 e. The van der Waals surface area contributed by atoms with Crippen LogP contribution in [0.4, 0.5) is 0 Å². The molecule has 18 heavy (non-hydrogen) atoms. The Morgan fingerprint density at radius 2 is 2.17 bits per heavy atom. The van der Waals surface area contributed by atoms with Gasteiger partial charge in [-0.2, -0.15) is 11.8 Å². The Kier molecular flexibility index (Phi) is 6.50. The molecule has 1 heterocycles. The van der Waals surface area contributed by atoms with Crippen LogP contribution in [0.2, 0.25) is 0 Å². The Morgan fingerprint density at radius 1 is 1.44 bits per heavy atom. The monoisotopic (exact) mass is 268 g/mol. The van der Waals surface area contributed by atoms with Gasteiger partial charge in [0.2, 0.25) is 0 Å². The number of nitrogens with zero attached hydrogens (tertiary/aromatic N) is 1. The molecule has 0 aliphatic carbocycles. The van der Waals surface area contributed by atoms with Crippen LogP contribution in [0, 0.1) is 13.8 Å². The summed E-state index contributed by atoms with van der Waals surface area (Å²) in [5, 5.41) is 3.51. The molecular formula is C14H24N2OS. The van der Waals surface area contributed by atoms with Crippen molar-refractivity contribution in [3.05, 3.63) is 23.0 Å². The predicted octanol–water partition coefficient (Wildman–Crippen LogP) is 2.59. The maximum atomic E-state index is 5.45. The standard InChI is InChI=1S/C14H24N2OS/c1-6-15-12(9-18-5)7-13-11(3)14(17-4)10(2)8-16-13/h8,12,15H,6-7,9H2,1-5H3. The summed E-state index contributed by atoms with van der Waals surface area (Å²) in [5.41, 5.74) is 3.41. The third kappa shape index (κ3) is 3.89. The van der Waals surface area contributed by atoms with E-state index in [0.717, 1.165) is 35.7 Å². The SMILES string of the molecule is CCNC(CSC)Cc1ncc(C)c(OC)c1C. The molecule has 0 radical (unpaired) electrons. The van der Waals surface area contributed by atoms with Gasteiger partial charge in [0.25, 0.3) is 0 Å². The molecule has 1 rings (SSSR count). The Balaban J connectivity index is 2.88. The lowest BCUT2D eigenvalue weighted by Crippen LogP contribution is -2.33. The van der Waals surface area contributed by atoms with E-state index in [4.69, 9.17) is 4.74 Å². The van der Waals surface area contributed by atoms with Crippen LogP contribution in [0.5, 0.6) is 5.75 Å². The van der Waals surface area contributed by atoms with Crippen molar-refractivity contribution in [2.75, 3.05) is 25.7 Å². The van der Waals surface area contributed by atoms with Gasteiger partial charge in [0.1, 0.15) is 5.75 Å². The van der Waals surface area contributed by atoms with Gasteiger partial charge in [-0.1, -0.05) is 6.92 Å². The van der Waals surface area contributed by atoms with E-state index in [9.17, 15) is 0 Å². The molecule has 0 saturated carbocycles. The van der Waals surface area contributed by atoms with Crippen LogP contribution in [0.1, 0.15) is 23.7 Å². The van der Waals surface area contributed by atoms with E-state index in [1.807, 2.05) is 24.9 Å². The number of ether oxygens (including phenoxy) is 1.